The molecule has 62 heavy (non-hydrogen) atoms. The summed E-state index contributed by atoms with van der Waals surface area (Å²) in [5.74, 6) is 0. The molecule has 2 aromatic heterocycles. The first kappa shape index (κ1) is 35.7. The first-order chi connectivity index (χ1) is 30.7. The van der Waals surface area contributed by atoms with Gasteiger partial charge in [0.05, 0.1) is 22.1 Å². The van der Waals surface area contributed by atoms with Crippen LogP contribution in [0.1, 0.15) is 0 Å². The van der Waals surface area contributed by atoms with Crippen molar-refractivity contribution >= 4 is 43.6 Å². The molecule has 0 atom stereocenters. The van der Waals surface area contributed by atoms with Gasteiger partial charge < -0.3 is 9.13 Å². The zero-order chi connectivity index (χ0) is 41.0. The van der Waals surface area contributed by atoms with Gasteiger partial charge in [-0.2, -0.15) is 0 Å². The highest BCUT2D eigenvalue weighted by Crippen LogP contribution is 2.41. The average Bonchev–Trinajstić information content (AvgIpc) is 3.86. The number of hydrogen-bond acceptors (Lipinski definition) is 0. The third-order valence-electron chi connectivity index (χ3n) is 12.5. The standard InChI is InChI=1S/C60H40N2/c1-5-14-41(15-6-1)44-24-26-45(27-25-44)48-29-32-57-53(38-48)55-39-49(30-34-58(55)61(57)51-21-11-4-12-22-51)50-31-35-60-56(40-50)54-37-47(43-18-9-3-10-19-43)28-33-59(54)62(60)52-23-13-20-46(36-52)42-16-7-2-8-17-42/h1-40H. The average molecular weight is 789 g/mol. The summed E-state index contributed by atoms with van der Waals surface area (Å²) in [6.07, 6.45) is 0. The molecule has 2 nitrogen and oxygen atoms in total. The largest absolute Gasteiger partial charge is 0.309 e. The zero-order valence-electron chi connectivity index (χ0n) is 34.0. The van der Waals surface area contributed by atoms with Crippen LogP contribution in [0, 0.1) is 0 Å². The molecule has 290 valence electrons. The van der Waals surface area contributed by atoms with E-state index in [9.17, 15) is 0 Å². The van der Waals surface area contributed by atoms with Crippen LogP contribution in [0.3, 0.4) is 0 Å². The van der Waals surface area contributed by atoms with E-state index in [1.165, 1.54) is 99.2 Å². The molecule has 0 aliphatic carbocycles. The Bertz CT molecular complexity index is 3580. The molecule has 0 aliphatic heterocycles. The van der Waals surface area contributed by atoms with Crippen molar-refractivity contribution in [2.24, 2.45) is 0 Å². The summed E-state index contributed by atoms with van der Waals surface area (Å²) in [6, 6.07) is 88.5. The van der Waals surface area contributed by atoms with Gasteiger partial charge in [-0.05, 0) is 128 Å². The van der Waals surface area contributed by atoms with E-state index in [0.717, 1.165) is 11.4 Å². The van der Waals surface area contributed by atoms with Crippen molar-refractivity contribution in [3.05, 3.63) is 243 Å². The van der Waals surface area contributed by atoms with Gasteiger partial charge in [0, 0.05) is 32.9 Å². The Kier molecular flexibility index (Phi) is 8.53. The lowest BCUT2D eigenvalue weighted by molar-refractivity contribution is 1.18. The molecule has 12 aromatic rings. The minimum absolute atomic E-state index is 1.15. The second-order valence-corrected chi connectivity index (χ2v) is 16.2. The molecular formula is C60H40N2. The molecule has 2 heteroatoms. The maximum atomic E-state index is 2.43. The Morgan fingerprint density at radius 3 is 0.855 bits per heavy atom. The number of hydrogen-bond donors (Lipinski definition) is 0. The topological polar surface area (TPSA) is 9.86 Å². The summed E-state index contributed by atoms with van der Waals surface area (Å²) in [6.45, 7) is 0. The molecule has 0 N–H and O–H groups in total. The van der Waals surface area contributed by atoms with E-state index >= 15 is 0 Å². The third kappa shape index (κ3) is 6.12. The Morgan fingerprint density at radius 2 is 0.435 bits per heavy atom. The monoisotopic (exact) mass is 788 g/mol. The fraction of sp³-hybridized carbons (Fsp3) is 0. The Labute approximate surface area is 360 Å². The molecule has 0 aliphatic rings. The van der Waals surface area contributed by atoms with Crippen molar-refractivity contribution in [1.82, 2.24) is 9.13 Å². The zero-order valence-corrected chi connectivity index (χ0v) is 34.0. The molecule has 0 radical (unpaired) electrons. The highest BCUT2D eigenvalue weighted by Gasteiger charge is 2.18. The van der Waals surface area contributed by atoms with Gasteiger partial charge in [-0.3, -0.25) is 0 Å². The minimum atomic E-state index is 1.15. The van der Waals surface area contributed by atoms with E-state index in [1.807, 2.05) is 0 Å². The van der Waals surface area contributed by atoms with Crippen molar-refractivity contribution < 1.29 is 0 Å². The molecule has 0 fully saturated rings. The van der Waals surface area contributed by atoms with Crippen LogP contribution in [-0.2, 0) is 0 Å². The minimum Gasteiger partial charge on any atom is -0.309 e. The van der Waals surface area contributed by atoms with Gasteiger partial charge in [0.25, 0.3) is 0 Å². The second-order valence-electron chi connectivity index (χ2n) is 16.2. The predicted molar refractivity (Wildman–Crippen MR) is 262 cm³/mol. The Balaban J connectivity index is 1.03. The summed E-state index contributed by atoms with van der Waals surface area (Å²) in [7, 11) is 0. The number of benzene rings is 10. The Morgan fingerprint density at radius 1 is 0.177 bits per heavy atom. The van der Waals surface area contributed by atoms with Crippen molar-refractivity contribution in [2.45, 2.75) is 0 Å². The van der Waals surface area contributed by atoms with Gasteiger partial charge in [0.15, 0.2) is 0 Å². The van der Waals surface area contributed by atoms with Crippen LogP contribution in [0.2, 0.25) is 0 Å². The van der Waals surface area contributed by atoms with Crippen LogP contribution >= 0.6 is 0 Å². The van der Waals surface area contributed by atoms with E-state index in [1.54, 1.807) is 0 Å². The van der Waals surface area contributed by atoms with E-state index in [4.69, 9.17) is 0 Å². The van der Waals surface area contributed by atoms with Crippen molar-refractivity contribution in [3.63, 3.8) is 0 Å². The summed E-state index contributed by atoms with van der Waals surface area (Å²) >= 11 is 0. The molecule has 0 spiro atoms. The molecule has 0 saturated heterocycles. The lowest BCUT2D eigenvalue weighted by atomic mass is 9.97. The second kappa shape index (κ2) is 14.8. The van der Waals surface area contributed by atoms with Crippen LogP contribution < -0.4 is 0 Å². The van der Waals surface area contributed by atoms with E-state index in [0.29, 0.717) is 0 Å². The van der Waals surface area contributed by atoms with Crippen molar-refractivity contribution in [2.75, 3.05) is 0 Å². The van der Waals surface area contributed by atoms with Gasteiger partial charge in [-0.15, -0.1) is 0 Å². The lowest BCUT2D eigenvalue weighted by Crippen LogP contribution is -1.94. The van der Waals surface area contributed by atoms with Gasteiger partial charge in [-0.25, -0.2) is 0 Å². The number of rotatable bonds is 7. The molecule has 0 saturated carbocycles. The highest BCUT2D eigenvalue weighted by atomic mass is 15.0. The first-order valence-corrected chi connectivity index (χ1v) is 21.3. The van der Waals surface area contributed by atoms with Crippen molar-refractivity contribution in [3.8, 4) is 67.0 Å². The quantitative estimate of drug-likeness (QED) is 0.152. The Hall–Kier alpha value is -8.20. The number of fused-ring (bicyclic) bond motifs is 6. The summed E-state index contributed by atoms with van der Waals surface area (Å²) in [5, 5.41) is 4.93. The third-order valence-corrected chi connectivity index (χ3v) is 12.5. The number of nitrogens with zero attached hydrogens (tertiary/aromatic N) is 2. The van der Waals surface area contributed by atoms with Crippen molar-refractivity contribution in [1.29, 1.82) is 0 Å². The maximum absolute atomic E-state index is 2.43. The lowest BCUT2D eigenvalue weighted by Gasteiger charge is -2.11. The van der Waals surface area contributed by atoms with E-state index in [-0.39, 0.29) is 0 Å². The normalized spacial score (nSPS) is 11.5. The van der Waals surface area contributed by atoms with Crippen LogP contribution in [0.5, 0.6) is 0 Å². The SMILES string of the molecule is c1ccc(-c2ccc(-c3ccc4c(c3)c3cc(-c5ccc6c(c5)c5cc(-c7ccccc7)ccc5n6-c5cccc(-c6ccccc6)c5)ccc3n4-c3ccccc3)cc2)cc1. The van der Waals surface area contributed by atoms with Gasteiger partial charge in [0.1, 0.15) is 0 Å². The molecule has 0 unspecified atom stereocenters. The molecule has 10 aromatic carbocycles. The van der Waals surface area contributed by atoms with Crippen LogP contribution in [0.4, 0.5) is 0 Å². The summed E-state index contributed by atoms with van der Waals surface area (Å²) < 4.78 is 4.84. The smallest absolute Gasteiger partial charge is 0.0541 e. The fourth-order valence-electron chi connectivity index (χ4n) is 9.47. The van der Waals surface area contributed by atoms with Gasteiger partial charge in [-0.1, -0.05) is 170 Å². The molecule has 2 heterocycles. The highest BCUT2D eigenvalue weighted by molar-refractivity contribution is 6.14. The van der Waals surface area contributed by atoms with E-state index < -0.39 is 0 Å². The van der Waals surface area contributed by atoms with Crippen LogP contribution in [0.15, 0.2) is 243 Å². The molecule has 0 bridgehead atoms. The molecule has 12 rings (SSSR count). The number of para-hydroxylation sites is 1. The predicted octanol–water partition coefficient (Wildman–Crippen LogP) is 16.2. The van der Waals surface area contributed by atoms with Crippen LogP contribution in [-0.4, -0.2) is 9.13 Å². The fourth-order valence-corrected chi connectivity index (χ4v) is 9.47. The first-order valence-electron chi connectivity index (χ1n) is 21.3. The number of aromatic nitrogens is 2. The molecule has 0 amide bonds. The van der Waals surface area contributed by atoms with Crippen LogP contribution in [0.25, 0.3) is 111 Å². The summed E-state index contributed by atoms with van der Waals surface area (Å²) in [5.41, 5.74) is 19.1. The van der Waals surface area contributed by atoms with E-state index in [2.05, 4.69) is 252 Å². The summed E-state index contributed by atoms with van der Waals surface area (Å²) in [4.78, 5) is 0. The van der Waals surface area contributed by atoms with Gasteiger partial charge >= 0.3 is 0 Å². The maximum Gasteiger partial charge on any atom is 0.0541 e. The van der Waals surface area contributed by atoms with Gasteiger partial charge in [0.2, 0.25) is 0 Å². The molecular weight excluding hydrogens is 749 g/mol.